The minimum atomic E-state index is -0.833. The lowest BCUT2D eigenvalue weighted by molar-refractivity contribution is -0.148. The summed E-state index contributed by atoms with van der Waals surface area (Å²) in [6.07, 6.45) is -1.32. The van der Waals surface area contributed by atoms with Crippen LogP contribution < -0.4 is 5.32 Å². The lowest BCUT2D eigenvalue weighted by atomic mass is 10.0. The van der Waals surface area contributed by atoms with Gasteiger partial charge in [0.15, 0.2) is 0 Å². The van der Waals surface area contributed by atoms with Crippen LogP contribution >= 0.6 is 0 Å². The summed E-state index contributed by atoms with van der Waals surface area (Å²) in [4.78, 5) is 26.8. The highest BCUT2D eigenvalue weighted by Gasteiger charge is 2.38. The smallest absolute Gasteiger partial charge is 0.410 e. The SMILES string of the molecule is CC(C)(C)OC(=O)N1CC(O)[C@@H](NC(C(=O)OCc2ccccc2)c2ccccc2)C1. The molecule has 0 bridgehead atoms. The number of nitrogens with one attached hydrogen (secondary N) is 1. The maximum absolute atomic E-state index is 12.9. The summed E-state index contributed by atoms with van der Waals surface area (Å²) in [7, 11) is 0. The molecule has 1 heterocycles. The molecule has 0 spiro atoms. The molecule has 0 aromatic heterocycles. The highest BCUT2D eigenvalue weighted by atomic mass is 16.6. The van der Waals surface area contributed by atoms with Crippen LogP contribution in [0.15, 0.2) is 60.7 Å². The molecule has 2 aromatic carbocycles. The van der Waals surface area contributed by atoms with E-state index in [4.69, 9.17) is 9.47 Å². The Kier molecular flexibility index (Phi) is 7.30. The zero-order valence-corrected chi connectivity index (χ0v) is 18.2. The molecule has 166 valence electrons. The van der Waals surface area contributed by atoms with Gasteiger partial charge in [-0.15, -0.1) is 0 Å². The van der Waals surface area contributed by atoms with Crippen molar-refractivity contribution in [2.24, 2.45) is 0 Å². The standard InChI is InChI=1S/C24H30N2O5/c1-24(2,3)31-23(29)26-14-19(20(27)15-26)25-21(18-12-8-5-9-13-18)22(28)30-16-17-10-6-4-7-11-17/h4-13,19-21,25,27H,14-16H2,1-3H3/t19-,20?,21?/m0/s1. The summed E-state index contributed by atoms with van der Waals surface area (Å²) in [5.74, 6) is -0.446. The first kappa shape index (κ1) is 22.8. The number of carbonyl (C=O) groups excluding carboxylic acids is 2. The maximum Gasteiger partial charge on any atom is 0.410 e. The number of aliphatic hydroxyl groups is 1. The van der Waals surface area contributed by atoms with E-state index in [1.807, 2.05) is 60.7 Å². The van der Waals surface area contributed by atoms with Crippen molar-refractivity contribution in [3.8, 4) is 0 Å². The molecule has 3 rings (SSSR count). The van der Waals surface area contributed by atoms with Gasteiger partial charge in [0.25, 0.3) is 0 Å². The number of hydrogen-bond donors (Lipinski definition) is 2. The van der Waals surface area contributed by atoms with Crippen LogP contribution in [0, 0.1) is 0 Å². The van der Waals surface area contributed by atoms with Crippen LogP contribution in [-0.2, 0) is 20.9 Å². The molecule has 1 amide bonds. The van der Waals surface area contributed by atoms with Gasteiger partial charge in [0.2, 0.25) is 0 Å². The van der Waals surface area contributed by atoms with Crippen LogP contribution in [0.25, 0.3) is 0 Å². The molecule has 0 saturated carbocycles. The van der Waals surface area contributed by atoms with E-state index >= 15 is 0 Å². The van der Waals surface area contributed by atoms with Gasteiger partial charge in [0.05, 0.1) is 18.7 Å². The molecule has 2 unspecified atom stereocenters. The Labute approximate surface area is 183 Å². The third kappa shape index (κ3) is 6.54. The van der Waals surface area contributed by atoms with Crippen LogP contribution in [0.4, 0.5) is 4.79 Å². The first-order valence-corrected chi connectivity index (χ1v) is 10.4. The van der Waals surface area contributed by atoms with Crippen LogP contribution in [0.5, 0.6) is 0 Å². The van der Waals surface area contributed by atoms with Crippen molar-refractivity contribution in [3.05, 3.63) is 71.8 Å². The van der Waals surface area contributed by atoms with E-state index in [-0.39, 0.29) is 19.7 Å². The van der Waals surface area contributed by atoms with Crippen LogP contribution in [0.2, 0.25) is 0 Å². The molecule has 1 aliphatic rings. The van der Waals surface area contributed by atoms with Crippen LogP contribution in [0.3, 0.4) is 0 Å². The van der Waals surface area contributed by atoms with E-state index in [1.165, 1.54) is 4.90 Å². The molecule has 31 heavy (non-hydrogen) atoms. The molecule has 1 saturated heterocycles. The predicted molar refractivity (Wildman–Crippen MR) is 116 cm³/mol. The van der Waals surface area contributed by atoms with Gasteiger partial charge in [-0.1, -0.05) is 60.7 Å². The molecular weight excluding hydrogens is 396 g/mol. The number of ether oxygens (including phenoxy) is 2. The Morgan fingerprint density at radius 2 is 1.68 bits per heavy atom. The molecular formula is C24H30N2O5. The van der Waals surface area contributed by atoms with Gasteiger partial charge in [0, 0.05) is 6.54 Å². The number of nitrogens with zero attached hydrogens (tertiary/aromatic N) is 1. The second kappa shape index (κ2) is 9.94. The normalized spacial score (nSPS) is 19.7. The minimum absolute atomic E-state index is 0.132. The molecule has 2 aromatic rings. The van der Waals surface area contributed by atoms with E-state index in [9.17, 15) is 14.7 Å². The number of β-amino-alcohol motifs (C(OH)–C–C–N with tert-alkyl or cyclic N) is 1. The van der Waals surface area contributed by atoms with Gasteiger partial charge in [-0.05, 0) is 31.9 Å². The number of likely N-dealkylation sites (tertiary alicyclic amines) is 1. The molecule has 1 fully saturated rings. The Morgan fingerprint density at radius 1 is 1.06 bits per heavy atom. The number of aliphatic hydroxyl groups excluding tert-OH is 1. The van der Waals surface area contributed by atoms with Crippen molar-refractivity contribution in [2.45, 2.75) is 51.2 Å². The largest absolute Gasteiger partial charge is 0.459 e. The van der Waals surface area contributed by atoms with Crippen molar-refractivity contribution < 1.29 is 24.2 Å². The summed E-state index contributed by atoms with van der Waals surface area (Å²) in [6, 6.07) is 17.4. The fraction of sp³-hybridized carbons (Fsp3) is 0.417. The van der Waals surface area contributed by atoms with Crippen molar-refractivity contribution >= 4 is 12.1 Å². The number of carbonyl (C=O) groups is 2. The molecule has 3 atom stereocenters. The quantitative estimate of drug-likeness (QED) is 0.691. The summed E-state index contributed by atoms with van der Waals surface area (Å²) in [6.45, 7) is 5.89. The molecule has 7 heteroatoms. The maximum atomic E-state index is 12.9. The molecule has 2 N–H and O–H groups in total. The Bertz CT molecular complexity index is 867. The van der Waals surface area contributed by atoms with E-state index in [0.29, 0.717) is 0 Å². The highest BCUT2D eigenvalue weighted by molar-refractivity contribution is 5.78. The summed E-state index contributed by atoms with van der Waals surface area (Å²) in [5.41, 5.74) is 0.990. The molecule has 7 nitrogen and oxygen atoms in total. The number of esters is 1. The van der Waals surface area contributed by atoms with E-state index < -0.39 is 35.9 Å². The third-order valence-electron chi connectivity index (χ3n) is 4.91. The Balaban J connectivity index is 1.69. The minimum Gasteiger partial charge on any atom is -0.459 e. The number of hydrogen-bond acceptors (Lipinski definition) is 6. The second-order valence-corrected chi connectivity index (χ2v) is 8.66. The van der Waals surface area contributed by atoms with E-state index in [1.54, 1.807) is 20.8 Å². The Hall–Kier alpha value is -2.90. The zero-order valence-electron chi connectivity index (χ0n) is 18.2. The van der Waals surface area contributed by atoms with Crippen LogP contribution in [-0.4, -0.2) is 52.9 Å². The van der Waals surface area contributed by atoms with Crippen molar-refractivity contribution in [2.75, 3.05) is 13.1 Å². The average molecular weight is 427 g/mol. The number of benzene rings is 2. The zero-order chi connectivity index (χ0) is 22.4. The van der Waals surface area contributed by atoms with Gasteiger partial charge in [0.1, 0.15) is 18.2 Å². The predicted octanol–water partition coefficient (Wildman–Crippen LogP) is 3.04. The second-order valence-electron chi connectivity index (χ2n) is 8.66. The van der Waals surface area contributed by atoms with Gasteiger partial charge >= 0.3 is 12.1 Å². The first-order chi connectivity index (χ1) is 14.7. The van der Waals surface area contributed by atoms with Crippen molar-refractivity contribution in [1.82, 2.24) is 10.2 Å². The van der Waals surface area contributed by atoms with Gasteiger partial charge in [-0.25, -0.2) is 9.59 Å². The first-order valence-electron chi connectivity index (χ1n) is 10.4. The van der Waals surface area contributed by atoms with Gasteiger partial charge < -0.3 is 19.5 Å². The van der Waals surface area contributed by atoms with Gasteiger partial charge in [-0.3, -0.25) is 5.32 Å². The highest BCUT2D eigenvalue weighted by Crippen LogP contribution is 2.21. The van der Waals surface area contributed by atoms with Crippen LogP contribution in [0.1, 0.15) is 37.9 Å². The van der Waals surface area contributed by atoms with Gasteiger partial charge in [-0.2, -0.15) is 0 Å². The monoisotopic (exact) mass is 426 g/mol. The summed E-state index contributed by atoms with van der Waals surface area (Å²) in [5, 5.41) is 13.7. The lowest BCUT2D eigenvalue weighted by Gasteiger charge is -2.25. The number of rotatable bonds is 6. The fourth-order valence-electron chi connectivity index (χ4n) is 3.40. The van der Waals surface area contributed by atoms with Crippen molar-refractivity contribution in [3.63, 3.8) is 0 Å². The molecule has 0 aliphatic carbocycles. The fourth-order valence-corrected chi connectivity index (χ4v) is 3.40. The topological polar surface area (TPSA) is 88.1 Å². The van der Waals surface area contributed by atoms with E-state index in [0.717, 1.165) is 11.1 Å². The number of amides is 1. The summed E-state index contributed by atoms with van der Waals surface area (Å²) >= 11 is 0. The third-order valence-corrected chi connectivity index (χ3v) is 4.91. The van der Waals surface area contributed by atoms with E-state index in [2.05, 4.69) is 5.32 Å². The Morgan fingerprint density at radius 3 is 2.29 bits per heavy atom. The molecule has 1 aliphatic heterocycles. The molecule has 0 radical (unpaired) electrons. The lowest BCUT2D eigenvalue weighted by Crippen LogP contribution is -2.44. The average Bonchev–Trinajstić information content (AvgIpc) is 3.11. The summed E-state index contributed by atoms with van der Waals surface area (Å²) < 4.78 is 10.9. The van der Waals surface area contributed by atoms with Crippen molar-refractivity contribution in [1.29, 1.82) is 0 Å².